The van der Waals surface area contributed by atoms with Gasteiger partial charge >= 0.3 is 0 Å². The minimum Gasteiger partial charge on any atom is -0.496 e. The Hall–Kier alpha value is -1.58. The van der Waals surface area contributed by atoms with E-state index in [-0.39, 0.29) is 12.2 Å². The maximum atomic E-state index is 13.4. The summed E-state index contributed by atoms with van der Waals surface area (Å²) in [6.45, 7) is 2.92. The van der Waals surface area contributed by atoms with Crippen LogP contribution in [0.3, 0.4) is 0 Å². The van der Waals surface area contributed by atoms with Gasteiger partial charge in [-0.25, -0.2) is 4.39 Å². The number of benzene rings is 1. The third kappa shape index (κ3) is 3.19. The van der Waals surface area contributed by atoms with Crippen LogP contribution in [-0.2, 0) is 11.2 Å². The van der Waals surface area contributed by atoms with Gasteiger partial charge in [0.1, 0.15) is 23.5 Å². The number of hydrogen-bond donors (Lipinski definition) is 0. The van der Waals surface area contributed by atoms with E-state index < -0.39 is 6.17 Å². The summed E-state index contributed by atoms with van der Waals surface area (Å²) in [6.07, 6.45) is -0.922. The Bertz CT molecular complexity index is 413. The van der Waals surface area contributed by atoms with Crippen molar-refractivity contribution >= 4 is 5.78 Å². The lowest BCUT2D eigenvalue weighted by molar-refractivity contribution is -0.116. The molecule has 0 amide bonds. The highest BCUT2D eigenvalue weighted by atomic mass is 19.1. The number of methoxy groups -OCH3 is 2. The zero-order valence-corrected chi connectivity index (χ0v) is 10.5. The molecule has 1 atom stereocenters. The second-order valence-electron chi connectivity index (χ2n) is 3.90. The van der Waals surface area contributed by atoms with Gasteiger partial charge in [-0.2, -0.15) is 0 Å². The van der Waals surface area contributed by atoms with E-state index in [0.717, 1.165) is 0 Å². The number of alkyl halides is 1. The molecule has 0 N–H and O–H groups in total. The lowest BCUT2D eigenvalue weighted by atomic mass is 10.0. The molecule has 0 bridgehead atoms. The van der Waals surface area contributed by atoms with Crippen LogP contribution in [0, 0.1) is 0 Å². The zero-order valence-electron chi connectivity index (χ0n) is 10.5. The van der Waals surface area contributed by atoms with Crippen LogP contribution in [0.25, 0.3) is 0 Å². The van der Waals surface area contributed by atoms with Gasteiger partial charge in [0.2, 0.25) is 0 Å². The maximum absolute atomic E-state index is 13.4. The SMILES string of the molecule is COc1cc(OC)c(C(C)F)cc1CC(C)=O. The van der Waals surface area contributed by atoms with Crippen LogP contribution in [0.4, 0.5) is 4.39 Å². The molecule has 1 unspecified atom stereocenters. The smallest absolute Gasteiger partial charge is 0.134 e. The first-order valence-electron chi connectivity index (χ1n) is 5.37. The number of ketones is 1. The highest BCUT2D eigenvalue weighted by Gasteiger charge is 2.16. The predicted molar refractivity (Wildman–Crippen MR) is 63.5 cm³/mol. The molecule has 3 nitrogen and oxygen atoms in total. The second-order valence-corrected chi connectivity index (χ2v) is 3.90. The zero-order chi connectivity index (χ0) is 13.0. The Labute approximate surface area is 101 Å². The van der Waals surface area contributed by atoms with Crippen molar-refractivity contribution in [2.45, 2.75) is 26.4 Å². The van der Waals surface area contributed by atoms with Gasteiger partial charge in [-0.1, -0.05) is 0 Å². The van der Waals surface area contributed by atoms with Gasteiger partial charge in [0, 0.05) is 23.6 Å². The average molecular weight is 240 g/mol. The molecule has 0 aromatic heterocycles. The molecule has 0 fully saturated rings. The molecule has 4 heteroatoms. The Balaban J connectivity index is 3.28. The van der Waals surface area contributed by atoms with Crippen molar-refractivity contribution in [3.8, 4) is 11.5 Å². The molecule has 17 heavy (non-hydrogen) atoms. The predicted octanol–water partition coefficient (Wildman–Crippen LogP) is 2.87. The van der Waals surface area contributed by atoms with Crippen molar-refractivity contribution in [3.05, 3.63) is 23.3 Å². The van der Waals surface area contributed by atoms with Gasteiger partial charge < -0.3 is 9.47 Å². The van der Waals surface area contributed by atoms with Crippen molar-refractivity contribution in [2.24, 2.45) is 0 Å². The number of rotatable bonds is 5. The summed E-state index contributed by atoms with van der Waals surface area (Å²) in [4.78, 5) is 11.1. The van der Waals surface area contributed by atoms with Gasteiger partial charge in [-0.15, -0.1) is 0 Å². The van der Waals surface area contributed by atoms with Gasteiger partial charge in [0.25, 0.3) is 0 Å². The number of ether oxygens (including phenoxy) is 2. The standard InChI is InChI=1S/C13H17FO3/c1-8(15)5-10-6-11(9(2)14)13(17-4)7-12(10)16-3/h6-7,9H,5H2,1-4H3. The van der Waals surface area contributed by atoms with E-state index in [4.69, 9.17) is 9.47 Å². The van der Waals surface area contributed by atoms with Crippen LogP contribution in [0.1, 0.15) is 31.1 Å². The van der Waals surface area contributed by atoms with Crippen LogP contribution in [0.15, 0.2) is 12.1 Å². The minimum absolute atomic E-state index is 0.00549. The van der Waals surface area contributed by atoms with Crippen molar-refractivity contribution < 1.29 is 18.7 Å². The van der Waals surface area contributed by atoms with Crippen molar-refractivity contribution in [1.82, 2.24) is 0 Å². The van der Waals surface area contributed by atoms with Crippen LogP contribution in [0.2, 0.25) is 0 Å². The topological polar surface area (TPSA) is 35.5 Å². The molecule has 0 spiro atoms. The summed E-state index contributed by atoms with van der Waals surface area (Å²) in [7, 11) is 2.99. The van der Waals surface area contributed by atoms with Crippen molar-refractivity contribution in [1.29, 1.82) is 0 Å². The largest absolute Gasteiger partial charge is 0.496 e. The summed E-state index contributed by atoms with van der Waals surface area (Å²) in [5.41, 5.74) is 1.12. The fourth-order valence-electron chi connectivity index (χ4n) is 1.71. The molecular weight excluding hydrogens is 223 g/mol. The molecule has 1 aromatic rings. The summed E-state index contributed by atoms with van der Waals surface area (Å²) in [6, 6.07) is 3.24. The van der Waals surface area contributed by atoms with E-state index in [1.165, 1.54) is 28.1 Å². The molecular formula is C13H17FO3. The normalized spacial score (nSPS) is 12.1. The van der Waals surface area contributed by atoms with Gasteiger partial charge in [0.15, 0.2) is 0 Å². The first kappa shape index (κ1) is 13.5. The van der Waals surface area contributed by atoms with Crippen molar-refractivity contribution in [2.75, 3.05) is 14.2 Å². The molecule has 0 saturated carbocycles. The highest BCUT2D eigenvalue weighted by molar-refractivity contribution is 5.79. The molecule has 0 radical (unpaired) electrons. The first-order chi connectivity index (χ1) is 7.99. The molecule has 0 heterocycles. The van der Waals surface area contributed by atoms with E-state index in [1.54, 1.807) is 12.1 Å². The van der Waals surface area contributed by atoms with Crippen LogP contribution in [0.5, 0.6) is 11.5 Å². The molecule has 0 aliphatic heterocycles. The summed E-state index contributed by atoms with van der Waals surface area (Å²) in [5, 5.41) is 0. The average Bonchev–Trinajstić information content (AvgIpc) is 2.27. The Morgan fingerprint density at radius 1 is 1.29 bits per heavy atom. The third-order valence-electron chi connectivity index (χ3n) is 2.50. The minimum atomic E-state index is -1.15. The van der Waals surface area contributed by atoms with E-state index in [1.807, 2.05) is 0 Å². The second kappa shape index (κ2) is 5.66. The van der Waals surface area contributed by atoms with E-state index in [2.05, 4.69) is 0 Å². The van der Waals surface area contributed by atoms with Gasteiger partial charge in [0.05, 0.1) is 14.2 Å². The Morgan fingerprint density at radius 3 is 2.29 bits per heavy atom. The van der Waals surface area contributed by atoms with E-state index in [9.17, 15) is 9.18 Å². The van der Waals surface area contributed by atoms with Gasteiger partial charge in [-0.05, 0) is 19.9 Å². The van der Waals surface area contributed by atoms with Gasteiger partial charge in [-0.3, -0.25) is 4.79 Å². The van der Waals surface area contributed by atoms with E-state index >= 15 is 0 Å². The van der Waals surface area contributed by atoms with Crippen LogP contribution in [-0.4, -0.2) is 20.0 Å². The molecule has 1 aromatic carbocycles. The fourth-order valence-corrected chi connectivity index (χ4v) is 1.71. The van der Waals surface area contributed by atoms with Crippen LogP contribution >= 0.6 is 0 Å². The quantitative estimate of drug-likeness (QED) is 0.793. The fraction of sp³-hybridized carbons (Fsp3) is 0.462. The van der Waals surface area contributed by atoms with E-state index in [0.29, 0.717) is 22.6 Å². The number of Topliss-reactive ketones (excluding diaryl/α,β-unsaturated/α-hetero) is 1. The molecule has 94 valence electrons. The Kier molecular flexibility index (Phi) is 4.49. The molecule has 0 saturated heterocycles. The third-order valence-corrected chi connectivity index (χ3v) is 2.50. The highest BCUT2D eigenvalue weighted by Crippen LogP contribution is 2.34. The number of carbonyl (C=O) groups excluding carboxylic acids is 1. The molecule has 0 aliphatic rings. The maximum Gasteiger partial charge on any atom is 0.134 e. The summed E-state index contributed by atoms with van der Waals surface area (Å²) in [5.74, 6) is 0.983. The Morgan fingerprint density at radius 2 is 1.88 bits per heavy atom. The number of halogens is 1. The molecule has 1 rings (SSSR count). The lowest BCUT2D eigenvalue weighted by Crippen LogP contribution is -2.03. The lowest BCUT2D eigenvalue weighted by Gasteiger charge is -2.15. The van der Waals surface area contributed by atoms with Crippen LogP contribution < -0.4 is 9.47 Å². The first-order valence-corrected chi connectivity index (χ1v) is 5.37. The van der Waals surface area contributed by atoms with Crippen molar-refractivity contribution in [3.63, 3.8) is 0 Å². The number of carbonyl (C=O) groups is 1. The molecule has 0 aliphatic carbocycles. The summed E-state index contributed by atoms with van der Waals surface area (Å²) < 4.78 is 23.7. The monoisotopic (exact) mass is 240 g/mol. The number of hydrogen-bond acceptors (Lipinski definition) is 3. The summed E-state index contributed by atoms with van der Waals surface area (Å²) >= 11 is 0.